The summed E-state index contributed by atoms with van der Waals surface area (Å²) in [5.41, 5.74) is -0.324. The number of hydrogen-bond donors (Lipinski definition) is 2. The molecular formula is C13H17ClN4O3S. The largest absolute Gasteiger partial charge is 0.391 e. The van der Waals surface area contributed by atoms with Crippen molar-refractivity contribution in [1.82, 2.24) is 19.1 Å². The fourth-order valence-corrected chi connectivity index (χ4v) is 3.09. The van der Waals surface area contributed by atoms with E-state index >= 15 is 0 Å². The number of nitrogens with zero attached hydrogens (tertiary/aromatic N) is 3. The van der Waals surface area contributed by atoms with Gasteiger partial charge in [0.1, 0.15) is 0 Å². The monoisotopic (exact) mass is 344 g/mol. The number of alkyl halides is 1. The molecule has 0 aliphatic carbocycles. The first kappa shape index (κ1) is 16.9. The number of halogens is 1. The minimum Gasteiger partial charge on any atom is -0.391 e. The molecule has 120 valence electrons. The molecule has 0 radical (unpaired) electrons. The van der Waals surface area contributed by atoms with Gasteiger partial charge in [0, 0.05) is 25.2 Å². The maximum atomic E-state index is 12.1. The molecule has 0 amide bonds. The highest BCUT2D eigenvalue weighted by molar-refractivity contribution is 7.99. The highest BCUT2D eigenvalue weighted by Gasteiger charge is 2.17. The lowest BCUT2D eigenvalue weighted by molar-refractivity contribution is 0.223. The molecule has 0 aromatic carbocycles. The minimum absolute atomic E-state index is 0.126. The van der Waals surface area contributed by atoms with Crippen LogP contribution in [-0.2, 0) is 13.6 Å². The third kappa shape index (κ3) is 3.29. The molecular weight excluding hydrogens is 328 g/mol. The van der Waals surface area contributed by atoms with Crippen LogP contribution in [0.5, 0.6) is 0 Å². The average molecular weight is 345 g/mol. The van der Waals surface area contributed by atoms with Crippen molar-refractivity contribution in [2.45, 2.75) is 24.7 Å². The molecule has 0 aliphatic rings. The van der Waals surface area contributed by atoms with Crippen LogP contribution in [0.25, 0.3) is 11.2 Å². The number of aryl methyl sites for hydroxylation is 1. The first-order valence-electron chi connectivity index (χ1n) is 6.67. The fourth-order valence-electron chi connectivity index (χ4n) is 1.92. The number of aromatic amines is 1. The molecule has 0 saturated heterocycles. The van der Waals surface area contributed by atoms with Crippen molar-refractivity contribution >= 4 is 34.5 Å². The number of H-pyrrole nitrogens is 1. The van der Waals surface area contributed by atoms with E-state index in [4.69, 9.17) is 11.6 Å². The van der Waals surface area contributed by atoms with Crippen LogP contribution in [-0.4, -0.2) is 41.9 Å². The van der Waals surface area contributed by atoms with E-state index in [1.54, 1.807) is 11.6 Å². The molecule has 0 spiro atoms. The highest BCUT2D eigenvalue weighted by atomic mass is 35.5. The molecule has 9 heteroatoms. The number of aliphatic hydroxyl groups is 1. The van der Waals surface area contributed by atoms with Gasteiger partial charge in [-0.2, -0.15) is 0 Å². The Balaban J connectivity index is 2.59. The predicted molar refractivity (Wildman–Crippen MR) is 87.9 cm³/mol. The molecule has 2 aromatic heterocycles. The summed E-state index contributed by atoms with van der Waals surface area (Å²) in [5, 5.41) is 10.1. The van der Waals surface area contributed by atoms with Crippen molar-refractivity contribution in [1.29, 1.82) is 0 Å². The van der Waals surface area contributed by atoms with Crippen molar-refractivity contribution in [2.75, 3.05) is 11.6 Å². The Bertz CT molecular complexity index is 808. The Morgan fingerprint density at radius 2 is 2.23 bits per heavy atom. The molecule has 0 saturated carbocycles. The lowest BCUT2D eigenvalue weighted by Crippen LogP contribution is -2.29. The SMILES string of the molecule is C/C=C/Cn1c(SC[C@H](O)CCl)nc2c1c(=O)[nH]c(=O)n2C. The summed E-state index contributed by atoms with van der Waals surface area (Å²) in [6.45, 7) is 2.33. The quantitative estimate of drug-likeness (QED) is 0.457. The van der Waals surface area contributed by atoms with E-state index in [1.165, 1.54) is 16.3 Å². The number of allylic oxidation sites excluding steroid dienone is 2. The summed E-state index contributed by atoms with van der Waals surface area (Å²) in [6, 6.07) is 0. The van der Waals surface area contributed by atoms with Gasteiger partial charge in [0.15, 0.2) is 16.3 Å². The van der Waals surface area contributed by atoms with Gasteiger partial charge in [-0.25, -0.2) is 9.78 Å². The van der Waals surface area contributed by atoms with Gasteiger partial charge in [-0.3, -0.25) is 14.3 Å². The molecule has 22 heavy (non-hydrogen) atoms. The van der Waals surface area contributed by atoms with Crippen LogP contribution in [0.4, 0.5) is 0 Å². The summed E-state index contributed by atoms with van der Waals surface area (Å²) < 4.78 is 3.02. The molecule has 0 bridgehead atoms. The smallest absolute Gasteiger partial charge is 0.329 e. The maximum Gasteiger partial charge on any atom is 0.329 e. The van der Waals surface area contributed by atoms with E-state index in [2.05, 4.69) is 9.97 Å². The van der Waals surface area contributed by atoms with Crippen LogP contribution in [0.3, 0.4) is 0 Å². The molecule has 7 nitrogen and oxygen atoms in total. The second-order valence-electron chi connectivity index (χ2n) is 4.68. The minimum atomic E-state index is -0.663. The zero-order valence-corrected chi connectivity index (χ0v) is 13.8. The van der Waals surface area contributed by atoms with E-state index in [1.807, 2.05) is 19.1 Å². The van der Waals surface area contributed by atoms with Crippen molar-refractivity contribution in [3.05, 3.63) is 33.0 Å². The summed E-state index contributed by atoms with van der Waals surface area (Å²) in [4.78, 5) is 30.4. The molecule has 1 atom stereocenters. The van der Waals surface area contributed by atoms with Crippen LogP contribution in [0.2, 0.25) is 0 Å². The van der Waals surface area contributed by atoms with Gasteiger partial charge in [0.25, 0.3) is 5.56 Å². The molecule has 2 rings (SSSR count). The van der Waals surface area contributed by atoms with Crippen molar-refractivity contribution in [3.8, 4) is 0 Å². The first-order valence-corrected chi connectivity index (χ1v) is 8.19. The third-order valence-corrected chi connectivity index (χ3v) is 4.56. The Morgan fingerprint density at radius 3 is 2.86 bits per heavy atom. The van der Waals surface area contributed by atoms with Crippen LogP contribution in [0.1, 0.15) is 6.92 Å². The zero-order valence-electron chi connectivity index (χ0n) is 12.2. The summed E-state index contributed by atoms with van der Waals surface area (Å²) >= 11 is 6.88. The van der Waals surface area contributed by atoms with Crippen LogP contribution < -0.4 is 11.2 Å². The van der Waals surface area contributed by atoms with Crippen LogP contribution >= 0.6 is 23.4 Å². The molecule has 0 fully saturated rings. The summed E-state index contributed by atoms with van der Waals surface area (Å²) in [7, 11) is 1.55. The second kappa shape index (κ2) is 7.17. The molecule has 2 heterocycles. The highest BCUT2D eigenvalue weighted by Crippen LogP contribution is 2.22. The molecule has 2 aromatic rings. The first-order chi connectivity index (χ1) is 10.5. The number of hydrogen-bond acceptors (Lipinski definition) is 5. The van der Waals surface area contributed by atoms with Gasteiger partial charge in [0.2, 0.25) is 0 Å². The molecule has 0 unspecified atom stereocenters. The van der Waals surface area contributed by atoms with E-state index < -0.39 is 17.4 Å². The Labute approximate surface area is 135 Å². The second-order valence-corrected chi connectivity index (χ2v) is 5.98. The zero-order chi connectivity index (χ0) is 16.3. The Kier molecular flexibility index (Phi) is 5.49. The van der Waals surface area contributed by atoms with Gasteiger partial charge in [0.05, 0.1) is 6.10 Å². The van der Waals surface area contributed by atoms with Gasteiger partial charge >= 0.3 is 5.69 Å². The van der Waals surface area contributed by atoms with Crippen molar-refractivity contribution in [2.24, 2.45) is 7.05 Å². The third-order valence-electron chi connectivity index (χ3n) is 3.08. The van der Waals surface area contributed by atoms with E-state index in [0.29, 0.717) is 28.6 Å². The number of rotatable bonds is 6. The lowest BCUT2D eigenvalue weighted by atomic mass is 10.4. The van der Waals surface area contributed by atoms with E-state index in [9.17, 15) is 14.7 Å². The summed E-state index contributed by atoms with van der Waals surface area (Å²) in [6.07, 6.45) is 3.08. The standard InChI is InChI=1S/C13H17ClN4O3S/c1-3-4-5-18-9-10(17(2)12(21)16-11(9)20)15-13(18)22-7-8(19)6-14/h3-4,8,19H,5-7H2,1-2H3,(H,16,20,21)/b4-3+/t8-/m1/s1. The Morgan fingerprint density at radius 1 is 1.50 bits per heavy atom. The number of thioether (sulfide) groups is 1. The van der Waals surface area contributed by atoms with Gasteiger partial charge in [-0.1, -0.05) is 23.9 Å². The number of aliphatic hydroxyl groups excluding tert-OH is 1. The number of nitrogens with one attached hydrogen (secondary N) is 1. The van der Waals surface area contributed by atoms with Gasteiger partial charge < -0.3 is 9.67 Å². The van der Waals surface area contributed by atoms with Gasteiger partial charge in [-0.15, -0.1) is 11.6 Å². The normalized spacial score (nSPS) is 13.3. The molecule has 2 N–H and O–H groups in total. The summed E-state index contributed by atoms with van der Waals surface area (Å²) in [5.74, 6) is 0.482. The van der Waals surface area contributed by atoms with E-state index in [-0.39, 0.29) is 5.88 Å². The Hall–Kier alpha value is -1.51. The average Bonchev–Trinajstić information content (AvgIpc) is 2.87. The lowest BCUT2D eigenvalue weighted by Gasteiger charge is -2.07. The number of aromatic nitrogens is 4. The fraction of sp³-hybridized carbons (Fsp3) is 0.462. The van der Waals surface area contributed by atoms with E-state index in [0.717, 1.165) is 0 Å². The van der Waals surface area contributed by atoms with Gasteiger partial charge in [-0.05, 0) is 6.92 Å². The van der Waals surface area contributed by atoms with Crippen LogP contribution in [0.15, 0.2) is 26.9 Å². The number of imidazole rings is 1. The number of fused-ring (bicyclic) bond motifs is 1. The maximum absolute atomic E-state index is 12.1. The van der Waals surface area contributed by atoms with Crippen molar-refractivity contribution < 1.29 is 5.11 Å². The topological polar surface area (TPSA) is 92.9 Å². The molecule has 0 aliphatic heterocycles. The predicted octanol–water partition coefficient (Wildman–Crippen LogP) is 0.691. The van der Waals surface area contributed by atoms with Crippen molar-refractivity contribution in [3.63, 3.8) is 0 Å². The van der Waals surface area contributed by atoms with Crippen LogP contribution in [0, 0.1) is 0 Å².